The molecule has 134 valence electrons. The Kier molecular flexibility index (Phi) is 5.28. The van der Waals surface area contributed by atoms with E-state index >= 15 is 0 Å². The van der Waals surface area contributed by atoms with Crippen LogP contribution in [-0.2, 0) is 6.42 Å². The number of nitriles is 1. The summed E-state index contributed by atoms with van der Waals surface area (Å²) in [6.07, 6.45) is 2.80. The van der Waals surface area contributed by atoms with E-state index in [0.717, 1.165) is 5.56 Å². The number of nitrogens with zero attached hydrogens (tertiary/aromatic N) is 2. The largest absolute Gasteiger partial charge is 0.493 e. The summed E-state index contributed by atoms with van der Waals surface area (Å²) >= 11 is 0. The number of benzene rings is 1. The van der Waals surface area contributed by atoms with Crippen LogP contribution in [0.2, 0.25) is 0 Å². The lowest BCUT2D eigenvalue weighted by Gasteiger charge is -2.13. The van der Waals surface area contributed by atoms with Crippen molar-refractivity contribution in [3.63, 3.8) is 0 Å². The second-order valence-corrected chi connectivity index (χ2v) is 5.81. The quantitative estimate of drug-likeness (QED) is 0.623. The summed E-state index contributed by atoms with van der Waals surface area (Å²) in [5.41, 5.74) is 1.63. The molecule has 2 aromatic heterocycles. The van der Waals surface area contributed by atoms with Crippen LogP contribution in [0.4, 0.5) is 0 Å². The Morgan fingerprint density at radius 2 is 2.04 bits per heavy atom. The lowest BCUT2D eigenvalue weighted by Crippen LogP contribution is -2.02. The van der Waals surface area contributed by atoms with Gasteiger partial charge in [-0.3, -0.25) is 0 Å². The van der Waals surface area contributed by atoms with Crippen molar-refractivity contribution in [2.24, 2.45) is 0 Å². The number of aryl methyl sites for hydroxylation is 2. The zero-order valence-electron chi connectivity index (χ0n) is 15.0. The summed E-state index contributed by atoms with van der Waals surface area (Å²) in [7, 11) is 3.22. The van der Waals surface area contributed by atoms with Crippen LogP contribution in [-0.4, -0.2) is 19.2 Å². The molecule has 0 N–H and O–H groups in total. The number of methoxy groups -OCH3 is 2. The highest BCUT2D eigenvalue weighted by molar-refractivity contribution is 5.47. The van der Waals surface area contributed by atoms with Crippen molar-refractivity contribution < 1.29 is 18.3 Å². The Labute approximate surface area is 152 Å². The predicted molar refractivity (Wildman–Crippen MR) is 95.2 cm³/mol. The minimum Gasteiger partial charge on any atom is -0.493 e. The van der Waals surface area contributed by atoms with E-state index in [-0.39, 0.29) is 0 Å². The van der Waals surface area contributed by atoms with Crippen molar-refractivity contribution in [1.29, 1.82) is 5.26 Å². The molecule has 3 aromatic rings. The van der Waals surface area contributed by atoms with Gasteiger partial charge in [0.2, 0.25) is 0 Å². The first-order valence-corrected chi connectivity index (χ1v) is 8.28. The number of oxazole rings is 1. The fraction of sp³-hybridized carbons (Fsp3) is 0.300. The fourth-order valence-corrected chi connectivity index (χ4v) is 2.95. The van der Waals surface area contributed by atoms with Gasteiger partial charge in [0.25, 0.3) is 5.89 Å². The summed E-state index contributed by atoms with van der Waals surface area (Å²) in [5.74, 6) is 2.54. The average molecular weight is 352 g/mol. The van der Waals surface area contributed by atoms with Gasteiger partial charge in [-0.15, -0.1) is 0 Å². The van der Waals surface area contributed by atoms with Crippen molar-refractivity contribution in [2.45, 2.75) is 25.7 Å². The van der Waals surface area contributed by atoms with E-state index in [1.54, 1.807) is 32.6 Å². The van der Waals surface area contributed by atoms with Gasteiger partial charge in [-0.25, -0.2) is 4.98 Å². The van der Waals surface area contributed by atoms with Crippen molar-refractivity contribution >= 4 is 0 Å². The molecule has 1 aromatic carbocycles. The highest BCUT2D eigenvalue weighted by Crippen LogP contribution is 2.34. The second-order valence-electron chi connectivity index (χ2n) is 5.81. The average Bonchev–Trinajstić information content (AvgIpc) is 3.32. The predicted octanol–water partition coefficient (Wildman–Crippen LogP) is 4.50. The fourth-order valence-electron chi connectivity index (χ4n) is 2.95. The monoisotopic (exact) mass is 352 g/mol. The van der Waals surface area contributed by atoms with E-state index in [1.807, 2.05) is 25.1 Å². The van der Waals surface area contributed by atoms with E-state index in [1.165, 1.54) is 0 Å². The summed E-state index contributed by atoms with van der Waals surface area (Å²) in [5, 5.41) is 9.64. The van der Waals surface area contributed by atoms with Crippen LogP contribution in [0.1, 0.15) is 29.4 Å². The van der Waals surface area contributed by atoms with Crippen molar-refractivity contribution in [1.82, 2.24) is 4.98 Å². The zero-order chi connectivity index (χ0) is 18.5. The zero-order valence-corrected chi connectivity index (χ0v) is 15.0. The Morgan fingerprint density at radius 1 is 1.19 bits per heavy atom. The molecule has 1 atom stereocenters. The standard InChI is InChI=1S/C20H20N2O4/c1-13-18(22-20(26-13)17-8-5-11-25-17)15(12-21)10-9-14-6-4-7-16(23-2)19(14)24-3/h4-8,11,15H,9-10H2,1-3H3. The Morgan fingerprint density at radius 3 is 2.69 bits per heavy atom. The maximum Gasteiger partial charge on any atom is 0.263 e. The van der Waals surface area contributed by atoms with Gasteiger partial charge in [-0.05, 0) is 43.5 Å². The van der Waals surface area contributed by atoms with Crippen molar-refractivity contribution in [2.75, 3.05) is 14.2 Å². The molecule has 0 saturated carbocycles. The van der Waals surface area contributed by atoms with Crippen LogP contribution in [0.5, 0.6) is 11.5 Å². The summed E-state index contributed by atoms with van der Waals surface area (Å²) in [6, 6.07) is 11.6. The molecule has 6 nitrogen and oxygen atoms in total. The number of rotatable bonds is 7. The topological polar surface area (TPSA) is 81.4 Å². The van der Waals surface area contributed by atoms with Gasteiger partial charge in [0.05, 0.1) is 38.2 Å². The molecule has 0 aliphatic rings. The Bertz CT molecular complexity index is 907. The van der Waals surface area contributed by atoms with Gasteiger partial charge >= 0.3 is 0 Å². The Balaban J connectivity index is 1.80. The lowest BCUT2D eigenvalue weighted by molar-refractivity contribution is 0.351. The first-order chi connectivity index (χ1) is 12.7. The molecule has 0 bridgehead atoms. The maximum absolute atomic E-state index is 9.64. The van der Waals surface area contributed by atoms with Gasteiger partial charge in [-0.1, -0.05) is 12.1 Å². The maximum atomic E-state index is 9.64. The number of aromatic nitrogens is 1. The van der Waals surface area contributed by atoms with Crippen LogP contribution in [0.3, 0.4) is 0 Å². The number of hydrogen-bond acceptors (Lipinski definition) is 6. The normalized spacial score (nSPS) is 11.8. The second kappa shape index (κ2) is 7.79. The molecule has 0 amide bonds. The smallest absolute Gasteiger partial charge is 0.263 e. The van der Waals surface area contributed by atoms with Crippen LogP contribution in [0.25, 0.3) is 11.7 Å². The molecule has 2 heterocycles. The van der Waals surface area contributed by atoms with Gasteiger partial charge in [0.1, 0.15) is 5.76 Å². The van der Waals surface area contributed by atoms with Gasteiger partial charge in [-0.2, -0.15) is 5.26 Å². The first kappa shape index (κ1) is 17.6. The van der Waals surface area contributed by atoms with Crippen molar-refractivity contribution in [3.05, 3.63) is 53.6 Å². The summed E-state index contributed by atoms with van der Waals surface area (Å²) in [4.78, 5) is 4.47. The lowest BCUT2D eigenvalue weighted by atomic mass is 9.96. The minimum absolute atomic E-state index is 0.390. The van der Waals surface area contributed by atoms with E-state index in [4.69, 9.17) is 18.3 Å². The van der Waals surface area contributed by atoms with Crippen LogP contribution >= 0.6 is 0 Å². The van der Waals surface area contributed by atoms with E-state index < -0.39 is 5.92 Å². The molecule has 6 heteroatoms. The number of para-hydroxylation sites is 1. The van der Waals surface area contributed by atoms with Gasteiger partial charge < -0.3 is 18.3 Å². The number of ether oxygens (including phenoxy) is 2. The molecule has 0 spiro atoms. The molecular weight excluding hydrogens is 332 g/mol. The molecule has 3 rings (SSSR count). The molecule has 0 saturated heterocycles. The van der Waals surface area contributed by atoms with Crippen LogP contribution < -0.4 is 9.47 Å². The molecule has 0 aliphatic heterocycles. The first-order valence-electron chi connectivity index (χ1n) is 8.28. The summed E-state index contributed by atoms with van der Waals surface area (Å²) in [6.45, 7) is 1.81. The molecule has 0 radical (unpaired) electrons. The minimum atomic E-state index is -0.390. The van der Waals surface area contributed by atoms with Crippen LogP contribution in [0, 0.1) is 18.3 Å². The van der Waals surface area contributed by atoms with E-state index in [9.17, 15) is 5.26 Å². The molecule has 0 aliphatic carbocycles. The van der Waals surface area contributed by atoms with E-state index in [0.29, 0.717) is 47.4 Å². The third-order valence-electron chi connectivity index (χ3n) is 4.24. The summed E-state index contributed by atoms with van der Waals surface area (Å²) < 4.78 is 21.8. The Hall–Kier alpha value is -3.20. The van der Waals surface area contributed by atoms with Crippen LogP contribution in [0.15, 0.2) is 45.4 Å². The van der Waals surface area contributed by atoms with Gasteiger partial charge in [0, 0.05) is 0 Å². The van der Waals surface area contributed by atoms with Crippen molar-refractivity contribution in [3.8, 4) is 29.2 Å². The van der Waals surface area contributed by atoms with Gasteiger partial charge in [0.15, 0.2) is 17.3 Å². The molecule has 0 fully saturated rings. The molecular formula is C20H20N2O4. The molecule has 26 heavy (non-hydrogen) atoms. The number of furan rings is 1. The van der Waals surface area contributed by atoms with E-state index in [2.05, 4.69) is 11.1 Å². The SMILES string of the molecule is COc1cccc(CCC(C#N)c2nc(-c3ccco3)oc2C)c1OC. The third kappa shape index (κ3) is 3.42. The number of hydrogen-bond donors (Lipinski definition) is 0. The molecule has 1 unspecified atom stereocenters. The highest BCUT2D eigenvalue weighted by atomic mass is 16.5. The third-order valence-corrected chi connectivity index (χ3v) is 4.24. The highest BCUT2D eigenvalue weighted by Gasteiger charge is 2.22.